The monoisotopic (exact) mass is 206 g/mol. The van der Waals surface area contributed by atoms with Crippen LogP contribution in [0.1, 0.15) is 43.5 Å². The maximum Gasteiger partial charge on any atom is 0.0366 e. The number of hydrogen-bond acceptors (Lipinski definition) is 1. The Balaban J connectivity index is 1.87. The van der Waals surface area contributed by atoms with Crippen LogP contribution in [0.25, 0.3) is 0 Å². The van der Waals surface area contributed by atoms with Crippen molar-refractivity contribution in [3.05, 3.63) is 23.5 Å². The van der Waals surface area contributed by atoms with Gasteiger partial charge in [0, 0.05) is 17.9 Å². The second-order valence-corrected chi connectivity index (χ2v) is 4.82. The average molecular weight is 206 g/mol. The molecule has 1 aliphatic carbocycles. The van der Waals surface area contributed by atoms with Gasteiger partial charge in [0.25, 0.3) is 0 Å². The first-order valence-corrected chi connectivity index (χ1v) is 6.16. The van der Waals surface area contributed by atoms with E-state index in [1.165, 1.54) is 43.5 Å². The van der Waals surface area contributed by atoms with Gasteiger partial charge < -0.3 is 5.43 Å². The summed E-state index contributed by atoms with van der Waals surface area (Å²) in [7, 11) is 0. The van der Waals surface area contributed by atoms with Gasteiger partial charge in [-0.1, -0.05) is 19.3 Å². The van der Waals surface area contributed by atoms with E-state index in [0.717, 1.165) is 12.5 Å². The Kier molecular flexibility index (Phi) is 3.34. The number of nitrogens with one attached hydrogen (secondary N) is 1. The zero-order valence-corrected chi connectivity index (χ0v) is 9.92. The Labute approximate surface area is 92.6 Å². The Bertz CT molecular complexity index is 289. The summed E-state index contributed by atoms with van der Waals surface area (Å²) in [5.41, 5.74) is 6.16. The van der Waals surface area contributed by atoms with Gasteiger partial charge in [-0.25, -0.2) is 0 Å². The molecule has 1 saturated carbocycles. The lowest BCUT2D eigenvalue weighted by Crippen LogP contribution is -2.25. The van der Waals surface area contributed by atoms with Gasteiger partial charge in [-0.15, -0.1) is 0 Å². The molecular formula is C13H22N2. The molecule has 1 aliphatic rings. The predicted molar refractivity (Wildman–Crippen MR) is 64.7 cm³/mol. The fourth-order valence-electron chi connectivity index (χ4n) is 2.53. The van der Waals surface area contributed by atoms with E-state index in [2.05, 4.69) is 36.1 Å². The largest absolute Gasteiger partial charge is 0.326 e. The van der Waals surface area contributed by atoms with Crippen molar-refractivity contribution in [3.8, 4) is 0 Å². The predicted octanol–water partition coefficient (Wildman–Crippen LogP) is 3.23. The van der Waals surface area contributed by atoms with Crippen LogP contribution in [0, 0.1) is 19.8 Å². The number of hydrogen-bond donors (Lipinski definition) is 1. The Morgan fingerprint density at radius 1 is 1.13 bits per heavy atom. The molecule has 2 nitrogen and oxygen atoms in total. The van der Waals surface area contributed by atoms with E-state index in [9.17, 15) is 0 Å². The minimum atomic E-state index is 0.889. The molecule has 0 spiro atoms. The number of aryl methyl sites for hydroxylation is 2. The molecule has 0 aromatic carbocycles. The van der Waals surface area contributed by atoms with Crippen molar-refractivity contribution >= 4 is 0 Å². The maximum absolute atomic E-state index is 3.55. The molecule has 2 heteroatoms. The van der Waals surface area contributed by atoms with Crippen LogP contribution >= 0.6 is 0 Å². The van der Waals surface area contributed by atoms with Crippen molar-refractivity contribution in [2.75, 3.05) is 12.0 Å². The van der Waals surface area contributed by atoms with Gasteiger partial charge in [0.1, 0.15) is 0 Å². The molecule has 15 heavy (non-hydrogen) atoms. The molecule has 1 aromatic heterocycles. The molecular weight excluding hydrogens is 184 g/mol. The molecule has 0 unspecified atom stereocenters. The minimum Gasteiger partial charge on any atom is -0.326 e. The lowest BCUT2D eigenvalue weighted by atomic mass is 9.89. The van der Waals surface area contributed by atoms with Gasteiger partial charge >= 0.3 is 0 Å². The Hall–Kier alpha value is -0.920. The Morgan fingerprint density at radius 2 is 1.73 bits per heavy atom. The summed E-state index contributed by atoms with van der Waals surface area (Å²) < 4.78 is 2.22. The highest BCUT2D eigenvalue weighted by molar-refractivity contribution is 5.15. The van der Waals surface area contributed by atoms with E-state index in [0.29, 0.717) is 0 Å². The van der Waals surface area contributed by atoms with Crippen molar-refractivity contribution in [2.45, 2.75) is 46.0 Å². The summed E-state index contributed by atoms with van der Waals surface area (Å²) in [6, 6.07) is 4.34. The SMILES string of the molecule is Cc1ccc(C)n1NCC1CCCCC1. The quantitative estimate of drug-likeness (QED) is 0.803. The molecule has 0 aliphatic heterocycles. The summed E-state index contributed by atoms with van der Waals surface area (Å²) in [6.45, 7) is 5.44. The zero-order chi connectivity index (χ0) is 10.7. The summed E-state index contributed by atoms with van der Waals surface area (Å²) in [6.07, 6.45) is 7.11. The first-order valence-electron chi connectivity index (χ1n) is 6.16. The zero-order valence-electron chi connectivity index (χ0n) is 9.92. The third-order valence-corrected chi connectivity index (χ3v) is 3.53. The third kappa shape index (κ3) is 2.55. The van der Waals surface area contributed by atoms with E-state index in [1.54, 1.807) is 0 Å². The third-order valence-electron chi connectivity index (χ3n) is 3.53. The first-order chi connectivity index (χ1) is 7.27. The fraction of sp³-hybridized carbons (Fsp3) is 0.692. The van der Waals surface area contributed by atoms with Gasteiger partial charge in [0.05, 0.1) is 0 Å². The first kappa shape index (κ1) is 10.6. The van der Waals surface area contributed by atoms with Crippen molar-refractivity contribution < 1.29 is 0 Å². The lowest BCUT2D eigenvalue weighted by Gasteiger charge is -2.23. The summed E-state index contributed by atoms with van der Waals surface area (Å²) in [5, 5.41) is 0. The molecule has 1 N–H and O–H groups in total. The van der Waals surface area contributed by atoms with Crippen LogP contribution in [0.5, 0.6) is 0 Å². The fourth-order valence-corrected chi connectivity index (χ4v) is 2.53. The molecule has 1 heterocycles. The summed E-state index contributed by atoms with van der Waals surface area (Å²) >= 11 is 0. The standard InChI is InChI=1S/C13H22N2/c1-11-8-9-12(2)15(11)14-10-13-6-4-3-5-7-13/h8-9,13-14H,3-7,10H2,1-2H3. The van der Waals surface area contributed by atoms with Crippen LogP contribution in [0.15, 0.2) is 12.1 Å². The number of aromatic nitrogens is 1. The smallest absolute Gasteiger partial charge is 0.0366 e. The molecule has 1 aromatic rings. The van der Waals surface area contributed by atoms with Crippen LogP contribution < -0.4 is 5.43 Å². The highest BCUT2D eigenvalue weighted by Gasteiger charge is 2.13. The van der Waals surface area contributed by atoms with Crippen LogP contribution in [0.2, 0.25) is 0 Å². The highest BCUT2D eigenvalue weighted by Crippen LogP contribution is 2.23. The van der Waals surface area contributed by atoms with Crippen LogP contribution in [-0.2, 0) is 0 Å². The van der Waals surface area contributed by atoms with E-state index >= 15 is 0 Å². The second kappa shape index (κ2) is 4.73. The second-order valence-electron chi connectivity index (χ2n) is 4.82. The van der Waals surface area contributed by atoms with Crippen LogP contribution in [0.4, 0.5) is 0 Å². The number of rotatable bonds is 3. The lowest BCUT2D eigenvalue weighted by molar-refractivity contribution is 0.365. The van der Waals surface area contributed by atoms with Crippen molar-refractivity contribution in [1.82, 2.24) is 4.68 Å². The average Bonchev–Trinajstić information content (AvgIpc) is 2.58. The van der Waals surface area contributed by atoms with Gasteiger partial charge in [-0.2, -0.15) is 0 Å². The van der Waals surface area contributed by atoms with Gasteiger partial charge in [-0.3, -0.25) is 4.68 Å². The van der Waals surface area contributed by atoms with Crippen molar-refractivity contribution in [3.63, 3.8) is 0 Å². The van der Waals surface area contributed by atoms with Crippen molar-refractivity contribution in [1.29, 1.82) is 0 Å². The molecule has 0 radical (unpaired) electrons. The number of nitrogens with zero attached hydrogens (tertiary/aromatic N) is 1. The topological polar surface area (TPSA) is 17.0 Å². The minimum absolute atomic E-state index is 0.889. The van der Waals surface area contributed by atoms with E-state index in [-0.39, 0.29) is 0 Å². The molecule has 84 valence electrons. The van der Waals surface area contributed by atoms with Crippen molar-refractivity contribution in [2.24, 2.45) is 5.92 Å². The molecule has 0 amide bonds. The molecule has 2 rings (SSSR count). The summed E-state index contributed by atoms with van der Waals surface area (Å²) in [4.78, 5) is 0. The van der Waals surface area contributed by atoms with Gasteiger partial charge in [0.2, 0.25) is 0 Å². The van der Waals surface area contributed by atoms with E-state index in [4.69, 9.17) is 0 Å². The molecule has 0 bridgehead atoms. The van der Waals surface area contributed by atoms with Crippen LogP contribution in [-0.4, -0.2) is 11.2 Å². The van der Waals surface area contributed by atoms with E-state index in [1.807, 2.05) is 0 Å². The van der Waals surface area contributed by atoms with Gasteiger partial charge in [-0.05, 0) is 44.7 Å². The normalized spacial score (nSPS) is 18.0. The Morgan fingerprint density at radius 3 is 2.33 bits per heavy atom. The van der Waals surface area contributed by atoms with Gasteiger partial charge in [0.15, 0.2) is 0 Å². The van der Waals surface area contributed by atoms with Crippen LogP contribution in [0.3, 0.4) is 0 Å². The van der Waals surface area contributed by atoms with E-state index < -0.39 is 0 Å². The molecule has 1 fully saturated rings. The molecule has 0 atom stereocenters. The highest BCUT2D eigenvalue weighted by atomic mass is 15.4. The maximum atomic E-state index is 3.55. The molecule has 0 saturated heterocycles. The summed E-state index contributed by atoms with van der Waals surface area (Å²) in [5.74, 6) is 0.889.